The first-order valence-corrected chi connectivity index (χ1v) is 6.94. The number of rotatable bonds is 2. The molecule has 2 heterocycles. The van der Waals surface area contributed by atoms with E-state index in [0.29, 0.717) is 4.64 Å². The van der Waals surface area contributed by atoms with Gasteiger partial charge in [0.05, 0.1) is 5.69 Å². The highest BCUT2D eigenvalue weighted by Crippen LogP contribution is 2.29. The van der Waals surface area contributed by atoms with Gasteiger partial charge in [-0.1, -0.05) is 42.5 Å². The molecule has 1 saturated heterocycles. The van der Waals surface area contributed by atoms with E-state index >= 15 is 0 Å². The molecular formula is C15H16N2OS. The van der Waals surface area contributed by atoms with E-state index in [0.717, 1.165) is 42.1 Å². The van der Waals surface area contributed by atoms with Crippen LogP contribution in [0.2, 0.25) is 0 Å². The van der Waals surface area contributed by atoms with E-state index < -0.39 is 0 Å². The van der Waals surface area contributed by atoms with Crippen molar-refractivity contribution in [3.63, 3.8) is 0 Å². The largest absolute Gasteiger partial charge is 0.370 e. The highest BCUT2D eigenvalue weighted by atomic mass is 32.1. The third-order valence-electron chi connectivity index (χ3n) is 3.47. The zero-order valence-corrected chi connectivity index (χ0v) is 11.7. The molecule has 4 heteroatoms. The van der Waals surface area contributed by atoms with E-state index in [1.165, 1.54) is 0 Å². The maximum absolute atomic E-state index is 5.68. The van der Waals surface area contributed by atoms with Crippen molar-refractivity contribution in [3.05, 3.63) is 46.4 Å². The molecule has 0 amide bonds. The van der Waals surface area contributed by atoms with Crippen molar-refractivity contribution in [1.82, 2.24) is 9.97 Å². The van der Waals surface area contributed by atoms with Crippen molar-refractivity contribution in [2.45, 2.75) is 25.9 Å². The molecule has 1 atom stereocenters. The lowest BCUT2D eigenvalue weighted by atomic mass is 10.1. The lowest BCUT2D eigenvalue weighted by molar-refractivity contribution is 0.105. The van der Waals surface area contributed by atoms with Crippen molar-refractivity contribution in [3.8, 4) is 11.3 Å². The molecule has 0 bridgehead atoms. The Bertz CT molecular complexity index is 630. The summed E-state index contributed by atoms with van der Waals surface area (Å²) >= 11 is 5.38. The number of ether oxygens (including phenoxy) is 1. The lowest BCUT2D eigenvalue weighted by Crippen LogP contribution is -2.06. The van der Waals surface area contributed by atoms with Crippen LogP contribution < -0.4 is 0 Å². The Morgan fingerprint density at radius 2 is 2.11 bits per heavy atom. The number of nitrogens with zero attached hydrogens (tertiary/aromatic N) is 1. The standard InChI is InChI=1S/C15H16N2OS/c1-10-13(11-6-3-2-4-7-11)16-14(17-15(10)19)12-8-5-9-18-12/h2-4,6-7,12H,5,8-9H2,1H3,(H,16,17,19). The Kier molecular flexibility index (Phi) is 3.44. The van der Waals surface area contributed by atoms with Crippen LogP contribution in [0.25, 0.3) is 11.3 Å². The normalized spacial score (nSPS) is 18.7. The Labute approximate surface area is 117 Å². The number of aromatic nitrogens is 2. The third kappa shape index (κ3) is 2.46. The van der Waals surface area contributed by atoms with Gasteiger partial charge in [0.2, 0.25) is 0 Å². The number of hydrogen-bond acceptors (Lipinski definition) is 3. The third-order valence-corrected chi connectivity index (χ3v) is 3.87. The summed E-state index contributed by atoms with van der Waals surface area (Å²) in [6.07, 6.45) is 2.15. The summed E-state index contributed by atoms with van der Waals surface area (Å²) in [4.78, 5) is 7.88. The van der Waals surface area contributed by atoms with Gasteiger partial charge in [-0.2, -0.15) is 0 Å². The van der Waals surface area contributed by atoms with Crippen molar-refractivity contribution in [1.29, 1.82) is 0 Å². The van der Waals surface area contributed by atoms with Gasteiger partial charge in [0, 0.05) is 12.2 Å². The minimum absolute atomic E-state index is 0.0600. The van der Waals surface area contributed by atoms with E-state index in [1.54, 1.807) is 0 Å². The van der Waals surface area contributed by atoms with Crippen LogP contribution in [0.5, 0.6) is 0 Å². The number of aromatic amines is 1. The minimum atomic E-state index is 0.0600. The second-order valence-corrected chi connectivity index (χ2v) is 5.18. The molecule has 1 aromatic heterocycles. The van der Waals surface area contributed by atoms with Crippen LogP contribution in [-0.4, -0.2) is 16.6 Å². The number of benzene rings is 1. The van der Waals surface area contributed by atoms with E-state index in [2.05, 4.69) is 22.1 Å². The molecule has 1 fully saturated rings. The molecule has 1 aliphatic rings. The van der Waals surface area contributed by atoms with Crippen LogP contribution in [-0.2, 0) is 4.74 Å². The first-order chi connectivity index (χ1) is 9.25. The van der Waals surface area contributed by atoms with Crippen LogP contribution in [0, 0.1) is 11.6 Å². The minimum Gasteiger partial charge on any atom is -0.370 e. The first-order valence-electron chi connectivity index (χ1n) is 6.53. The number of H-pyrrole nitrogens is 1. The molecule has 0 radical (unpaired) electrons. The molecule has 1 N–H and O–H groups in total. The summed E-state index contributed by atoms with van der Waals surface area (Å²) in [5.74, 6) is 0.854. The van der Waals surface area contributed by atoms with Crippen molar-refractivity contribution >= 4 is 12.2 Å². The molecular weight excluding hydrogens is 256 g/mol. The molecule has 2 aromatic rings. The molecule has 3 nitrogen and oxygen atoms in total. The van der Waals surface area contributed by atoms with Gasteiger partial charge < -0.3 is 9.72 Å². The summed E-state index contributed by atoms with van der Waals surface area (Å²) in [5.41, 5.74) is 3.20. The Hall–Kier alpha value is -1.52. The molecule has 3 rings (SSSR count). The predicted octanol–water partition coefficient (Wildman–Crippen LogP) is 3.97. The molecule has 0 aliphatic carbocycles. The molecule has 1 aliphatic heterocycles. The van der Waals surface area contributed by atoms with Gasteiger partial charge in [-0.25, -0.2) is 4.98 Å². The van der Waals surface area contributed by atoms with Gasteiger partial charge >= 0.3 is 0 Å². The lowest BCUT2D eigenvalue weighted by Gasteiger charge is -2.13. The van der Waals surface area contributed by atoms with Crippen LogP contribution in [0.1, 0.15) is 30.3 Å². The van der Waals surface area contributed by atoms with Crippen LogP contribution in [0.3, 0.4) is 0 Å². The molecule has 0 spiro atoms. The highest BCUT2D eigenvalue weighted by molar-refractivity contribution is 7.71. The van der Waals surface area contributed by atoms with E-state index in [4.69, 9.17) is 17.0 Å². The number of nitrogens with one attached hydrogen (secondary N) is 1. The maximum atomic E-state index is 5.68. The van der Waals surface area contributed by atoms with Gasteiger partial charge in [0.1, 0.15) is 16.6 Å². The van der Waals surface area contributed by atoms with Gasteiger partial charge in [0.25, 0.3) is 0 Å². The summed E-state index contributed by atoms with van der Waals surface area (Å²) < 4.78 is 6.34. The zero-order valence-electron chi connectivity index (χ0n) is 10.8. The summed E-state index contributed by atoms with van der Waals surface area (Å²) in [7, 11) is 0. The second kappa shape index (κ2) is 5.23. The summed E-state index contributed by atoms with van der Waals surface area (Å²) in [6, 6.07) is 10.2. The highest BCUT2D eigenvalue weighted by Gasteiger charge is 2.21. The maximum Gasteiger partial charge on any atom is 0.137 e. The summed E-state index contributed by atoms with van der Waals surface area (Å²) in [5, 5.41) is 0. The molecule has 1 aromatic carbocycles. The second-order valence-electron chi connectivity index (χ2n) is 4.79. The van der Waals surface area contributed by atoms with Crippen molar-refractivity contribution < 1.29 is 4.74 Å². The fraction of sp³-hybridized carbons (Fsp3) is 0.333. The smallest absolute Gasteiger partial charge is 0.137 e. The SMILES string of the molecule is Cc1c(-c2ccccc2)[nH]c(C2CCCO2)nc1=S. The fourth-order valence-electron chi connectivity index (χ4n) is 2.39. The Morgan fingerprint density at radius 1 is 1.32 bits per heavy atom. The van der Waals surface area contributed by atoms with Gasteiger partial charge in [-0.05, 0) is 25.3 Å². The Balaban J connectivity index is 2.11. The molecule has 0 saturated carbocycles. The van der Waals surface area contributed by atoms with Crippen LogP contribution in [0.15, 0.2) is 30.3 Å². The van der Waals surface area contributed by atoms with E-state index in [1.807, 2.05) is 25.1 Å². The van der Waals surface area contributed by atoms with Gasteiger partial charge in [-0.15, -0.1) is 0 Å². The molecule has 1 unspecified atom stereocenters. The number of hydrogen-bond donors (Lipinski definition) is 1. The fourth-order valence-corrected chi connectivity index (χ4v) is 2.59. The first kappa shape index (κ1) is 12.5. The van der Waals surface area contributed by atoms with Gasteiger partial charge in [0.15, 0.2) is 0 Å². The van der Waals surface area contributed by atoms with Crippen molar-refractivity contribution in [2.24, 2.45) is 0 Å². The predicted molar refractivity (Wildman–Crippen MR) is 77.5 cm³/mol. The van der Waals surface area contributed by atoms with E-state index in [9.17, 15) is 0 Å². The van der Waals surface area contributed by atoms with Crippen LogP contribution in [0.4, 0.5) is 0 Å². The summed E-state index contributed by atoms with van der Waals surface area (Å²) in [6.45, 7) is 2.81. The quantitative estimate of drug-likeness (QED) is 0.841. The van der Waals surface area contributed by atoms with Crippen LogP contribution >= 0.6 is 12.2 Å². The molecule has 19 heavy (non-hydrogen) atoms. The monoisotopic (exact) mass is 272 g/mol. The Morgan fingerprint density at radius 3 is 2.79 bits per heavy atom. The average molecular weight is 272 g/mol. The van der Waals surface area contributed by atoms with Crippen molar-refractivity contribution in [2.75, 3.05) is 6.61 Å². The van der Waals surface area contributed by atoms with Gasteiger partial charge in [-0.3, -0.25) is 0 Å². The topological polar surface area (TPSA) is 37.9 Å². The molecule has 98 valence electrons. The van der Waals surface area contributed by atoms with E-state index in [-0.39, 0.29) is 6.10 Å². The zero-order chi connectivity index (χ0) is 13.2. The average Bonchev–Trinajstić information content (AvgIpc) is 2.97.